The second-order valence-electron chi connectivity index (χ2n) is 5.36. The van der Waals surface area contributed by atoms with E-state index in [0.29, 0.717) is 21.6 Å². The average Bonchev–Trinajstić information content (AvgIpc) is 3.15. The van der Waals surface area contributed by atoms with Crippen LogP contribution in [0, 0.1) is 0 Å². The lowest BCUT2D eigenvalue weighted by molar-refractivity contribution is -0.139. The predicted octanol–water partition coefficient (Wildman–Crippen LogP) is 4.11. The number of anilines is 1. The van der Waals surface area contributed by atoms with Gasteiger partial charge in [-0.15, -0.1) is 10.2 Å². The summed E-state index contributed by atoms with van der Waals surface area (Å²) in [5.74, 6) is -0.397. The lowest BCUT2D eigenvalue weighted by Crippen LogP contribution is -2.11. The third-order valence-corrected chi connectivity index (χ3v) is 5.45. The van der Waals surface area contributed by atoms with Crippen LogP contribution in [-0.2, 0) is 9.53 Å². The van der Waals surface area contributed by atoms with E-state index in [1.165, 1.54) is 23.1 Å². The van der Waals surface area contributed by atoms with E-state index >= 15 is 0 Å². The summed E-state index contributed by atoms with van der Waals surface area (Å²) in [6, 6.07) is 17.3. The lowest BCUT2D eigenvalue weighted by atomic mass is 10.0. The molecule has 0 aliphatic rings. The fraction of sp³-hybridized carbons (Fsp3) is 0.158. The Hall–Kier alpha value is -2.71. The molecule has 0 saturated heterocycles. The number of amides is 1. The van der Waals surface area contributed by atoms with E-state index in [0.717, 1.165) is 11.1 Å². The molecule has 0 fully saturated rings. The van der Waals surface area contributed by atoms with Gasteiger partial charge in [-0.2, -0.15) is 0 Å². The summed E-state index contributed by atoms with van der Waals surface area (Å²) in [6.45, 7) is 2.10. The summed E-state index contributed by atoms with van der Waals surface area (Å²) in [7, 11) is 0. The maximum Gasteiger partial charge on any atom is 0.316 e. The number of esters is 1. The van der Waals surface area contributed by atoms with E-state index < -0.39 is 0 Å². The van der Waals surface area contributed by atoms with Gasteiger partial charge in [-0.1, -0.05) is 65.6 Å². The fourth-order valence-corrected chi connectivity index (χ4v) is 3.80. The number of thioether (sulfide) groups is 1. The zero-order valence-corrected chi connectivity index (χ0v) is 16.2. The number of rotatable bonds is 7. The molecule has 0 bridgehead atoms. The number of benzene rings is 2. The molecular weight excluding hydrogens is 382 g/mol. The standard InChI is InChI=1S/C19H17N3O3S2/c1-2-25-16(23)12-26-19-22-21-18(27-19)20-17(24)15-10-8-14(9-11-15)13-6-4-3-5-7-13/h3-11H,2,12H2,1H3,(H,20,21,24). The zero-order valence-electron chi connectivity index (χ0n) is 14.5. The van der Waals surface area contributed by atoms with E-state index in [1.807, 2.05) is 42.5 Å². The Morgan fingerprint density at radius 1 is 1.04 bits per heavy atom. The van der Waals surface area contributed by atoms with Gasteiger partial charge in [0.2, 0.25) is 5.13 Å². The number of nitrogens with one attached hydrogen (secondary N) is 1. The van der Waals surface area contributed by atoms with Gasteiger partial charge in [-0.05, 0) is 30.2 Å². The minimum atomic E-state index is -0.304. The lowest BCUT2D eigenvalue weighted by Gasteiger charge is -2.04. The summed E-state index contributed by atoms with van der Waals surface area (Å²) in [5, 5.41) is 11.0. The molecule has 0 unspecified atom stereocenters. The van der Waals surface area contributed by atoms with E-state index in [4.69, 9.17) is 4.74 Å². The first-order valence-electron chi connectivity index (χ1n) is 8.24. The Balaban J connectivity index is 1.58. The molecule has 138 valence electrons. The van der Waals surface area contributed by atoms with Crippen molar-refractivity contribution in [1.82, 2.24) is 10.2 Å². The molecule has 1 N–H and O–H groups in total. The topological polar surface area (TPSA) is 81.2 Å². The Bertz CT molecular complexity index is 911. The smallest absolute Gasteiger partial charge is 0.316 e. The zero-order chi connectivity index (χ0) is 19.1. The average molecular weight is 399 g/mol. The quantitative estimate of drug-likeness (QED) is 0.366. The SMILES string of the molecule is CCOC(=O)CSc1nnc(NC(=O)c2ccc(-c3ccccc3)cc2)s1. The molecule has 1 amide bonds. The molecule has 0 radical (unpaired) electrons. The van der Waals surface area contributed by atoms with Gasteiger partial charge in [0.1, 0.15) is 0 Å². The molecule has 1 aromatic heterocycles. The number of carbonyl (C=O) groups is 2. The monoisotopic (exact) mass is 399 g/mol. The Morgan fingerprint density at radius 2 is 1.74 bits per heavy atom. The van der Waals surface area contributed by atoms with Crippen LogP contribution >= 0.6 is 23.1 Å². The third kappa shape index (κ3) is 5.38. The van der Waals surface area contributed by atoms with Gasteiger partial charge in [0, 0.05) is 5.56 Å². The fourth-order valence-electron chi connectivity index (χ4n) is 2.26. The highest BCUT2D eigenvalue weighted by Crippen LogP contribution is 2.26. The summed E-state index contributed by atoms with van der Waals surface area (Å²) in [4.78, 5) is 23.7. The van der Waals surface area contributed by atoms with Crippen molar-refractivity contribution >= 4 is 40.1 Å². The van der Waals surface area contributed by atoms with E-state index in [1.54, 1.807) is 19.1 Å². The van der Waals surface area contributed by atoms with E-state index in [-0.39, 0.29) is 17.6 Å². The third-order valence-electron chi connectivity index (χ3n) is 3.50. The van der Waals surface area contributed by atoms with Crippen molar-refractivity contribution in [2.24, 2.45) is 0 Å². The second kappa shape index (κ2) is 9.29. The van der Waals surface area contributed by atoms with Gasteiger partial charge < -0.3 is 4.74 Å². The Kier molecular flexibility index (Phi) is 6.56. The largest absolute Gasteiger partial charge is 0.465 e. The van der Waals surface area contributed by atoms with Crippen molar-refractivity contribution in [2.75, 3.05) is 17.7 Å². The Labute approximate surface area is 165 Å². The van der Waals surface area contributed by atoms with Gasteiger partial charge in [0.25, 0.3) is 5.91 Å². The normalized spacial score (nSPS) is 10.4. The van der Waals surface area contributed by atoms with Crippen LogP contribution in [0.4, 0.5) is 5.13 Å². The van der Waals surface area contributed by atoms with Crippen molar-refractivity contribution in [3.05, 3.63) is 60.2 Å². The van der Waals surface area contributed by atoms with Gasteiger partial charge >= 0.3 is 5.97 Å². The number of nitrogens with zero attached hydrogens (tertiary/aromatic N) is 2. The molecule has 27 heavy (non-hydrogen) atoms. The van der Waals surface area contributed by atoms with E-state index in [2.05, 4.69) is 15.5 Å². The van der Waals surface area contributed by atoms with Crippen LogP contribution in [0.2, 0.25) is 0 Å². The van der Waals surface area contributed by atoms with Crippen LogP contribution < -0.4 is 5.32 Å². The molecule has 0 atom stereocenters. The van der Waals surface area contributed by atoms with Crippen molar-refractivity contribution in [3.8, 4) is 11.1 Å². The minimum Gasteiger partial charge on any atom is -0.465 e. The summed E-state index contributed by atoms with van der Waals surface area (Å²) in [5.41, 5.74) is 2.67. The Morgan fingerprint density at radius 3 is 2.44 bits per heavy atom. The highest BCUT2D eigenvalue weighted by Gasteiger charge is 2.12. The molecule has 0 aliphatic heterocycles. The number of aromatic nitrogens is 2. The maximum atomic E-state index is 12.4. The van der Waals surface area contributed by atoms with Gasteiger partial charge in [0.15, 0.2) is 4.34 Å². The van der Waals surface area contributed by atoms with Crippen LogP contribution in [0.1, 0.15) is 17.3 Å². The van der Waals surface area contributed by atoms with Crippen molar-refractivity contribution < 1.29 is 14.3 Å². The van der Waals surface area contributed by atoms with Crippen molar-refractivity contribution in [3.63, 3.8) is 0 Å². The molecule has 0 spiro atoms. The summed E-state index contributed by atoms with van der Waals surface area (Å²) < 4.78 is 5.46. The molecule has 0 saturated carbocycles. The number of carbonyl (C=O) groups excluding carboxylic acids is 2. The van der Waals surface area contributed by atoms with Crippen LogP contribution in [0.3, 0.4) is 0 Å². The first-order chi connectivity index (χ1) is 13.2. The number of hydrogen-bond acceptors (Lipinski definition) is 7. The van der Waals surface area contributed by atoms with Crippen LogP contribution in [0.25, 0.3) is 11.1 Å². The highest BCUT2D eigenvalue weighted by molar-refractivity contribution is 8.01. The maximum absolute atomic E-state index is 12.4. The predicted molar refractivity (Wildman–Crippen MR) is 107 cm³/mol. The molecular formula is C19H17N3O3S2. The van der Waals surface area contributed by atoms with Crippen molar-refractivity contribution in [1.29, 1.82) is 0 Å². The first-order valence-corrected chi connectivity index (χ1v) is 10.0. The van der Waals surface area contributed by atoms with Crippen LogP contribution in [-0.4, -0.2) is 34.4 Å². The molecule has 3 aromatic rings. The number of hydrogen-bond donors (Lipinski definition) is 1. The summed E-state index contributed by atoms with van der Waals surface area (Å²) in [6.07, 6.45) is 0. The van der Waals surface area contributed by atoms with Crippen molar-refractivity contribution in [2.45, 2.75) is 11.3 Å². The molecule has 6 nitrogen and oxygen atoms in total. The van der Waals surface area contributed by atoms with Gasteiger partial charge in [0.05, 0.1) is 12.4 Å². The summed E-state index contributed by atoms with van der Waals surface area (Å²) >= 11 is 2.45. The van der Waals surface area contributed by atoms with Crippen LogP contribution in [0.5, 0.6) is 0 Å². The van der Waals surface area contributed by atoms with Crippen LogP contribution in [0.15, 0.2) is 58.9 Å². The molecule has 3 rings (SSSR count). The van der Waals surface area contributed by atoms with Gasteiger partial charge in [-0.3, -0.25) is 14.9 Å². The van der Waals surface area contributed by atoms with E-state index in [9.17, 15) is 9.59 Å². The number of ether oxygens (including phenoxy) is 1. The molecule has 0 aliphatic carbocycles. The highest BCUT2D eigenvalue weighted by atomic mass is 32.2. The molecule has 1 heterocycles. The molecule has 2 aromatic carbocycles. The second-order valence-corrected chi connectivity index (χ2v) is 7.56. The first kappa shape index (κ1) is 19.1. The molecule has 8 heteroatoms. The minimum absolute atomic E-state index is 0.164. The van der Waals surface area contributed by atoms with Gasteiger partial charge in [-0.25, -0.2) is 0 Å².